The molecule has 2 rings (SSSR count). The summed E-state index contributed by atoms with van der Waals surface area (Å²) in [6, 6.07) is 0. The second kappa shape index (κ2) is 4.50. The van der Waals surface area contributed by atoms with Gasteiger partial charge in [0.1, 0.15) is 0 Å². The molecule has 0 radical (unpaired) electrons. The van der Waals surface area contributed by atoms with Crippen molar-refractivity contribution in [2.24, 2.45) is 0 Å². The molecule has 1 aliphatic heterocycles. The van der Waals surface area contributed by atoms with E-state index in [0.29, 0.717) is 0 Å². The van der Waals surface area contributed by atoms with Crippen LogP contribution in [-0.4, -0.2) is 19.0 Å². The summed E-state index contributed by atoms with van der Waals surface area (Å²) in [7, 11) is 0. The molecule has 2 nitrogen and oxygen atoms in total. The largest absolute Gasteiger partial charge is 0.348 e. The molecule has 15 heavy (non-hydrogen) atoms. The molecule has 0 aromatic carbocycles. The Bertz CT molecular complexity index is 271. The van der Waals surface area contributed by atoms with Crippen molar-refractivity contribution < 1.29 is 9.47 Å². The highest BCUT2D eigenvalue weighted by molar-refractivity contribution is 5.22. The van der Waals surface area contributed by atoms with Gasteiger partial charge >= 0.3 is 0 Å². The first kappa shape index (κ1) is 10.9. The fourth-order valence-corrected chi connectivity index (χ4v) is 2.29. The molecule has 0 atom stereocenters. The fourth-order valence-electron chi connectivity index (χ4n) is 2.29. The van der Waals surface area contributed by atoms with Crippen LogP contribution in [0.5, 0.6) is 0 Å². The van der Waals surface area contributed by atoms with Crippen LogP contribution in [0, 0.1) is 0 Å². The number of hydrogen-bond acceptors (Lipinski definition) is 2. The molecule has 0 aromatic heterocycles. The van der Waals surface area contributed by atoms with Gasteiger partial charge < -0.3 is 9.47 Å². The van der Waals surface area contributed by atoms with Gasteiger partial charge in [0.15, 0.2) is 5.79 Å². The highest BCUT2D eigenvalue weighted by atomic mass is 16.7. The average Bonchev–Trinajstić information content (AvgIpc) is 2.70. The van der Waals surface area contributed by atoms with Gasteiger partial charge in [-0.25, -0.2) is 0 Å². The third kappa shape index (κ3) is 2.50. The molecule has 1 saturated heterocycles. The summed E-state index contributed by atoms with van der Waals surface area (Å²) in [5.74, 6) is -0.221. The molecule has 1 spiro atoms. The van der Waals surface area contributed by atoms with E-state index in [0.717, 1.165) is 38.9 Å². The van der Waals surface area contributed by atoms with Gasteiger partial charge in [-0.2, -0.15) is 0 Å². The van der Waals surface area contributed by atoms with E-state index < -0.39 is 0 Å². The lowest BCUT2D eigenvalue weighted by Crippen LogP contribution is -2.33. The average molecular weight is 208 g/mol. The second-order valence-corrected chi connectivity index (χ2v) is 4.44. The molecular formula is C13H20O2. The minimum Gasteiger partial charge on any atom is -0.348 e. The van der Waals surface area contributed by atoms with E-state index in [1.54, 1.807) is 0 Å². The maximum atomic E-state index is 5.70. The topological polar surface area (TPSA) is 18.5 Å². The Hall–Kier alpha value is -0.600. The zero-order valence-corrected chi connectivity index (χ0v) is 9.71. The first-order chi connectivity index (χ1) is 7.24. The van der Waals surface area contributed by atoms with E-state index in [2.05, 4.69) is 26.0 Å². The van der Waals surface area contributed by atoms with Crippen LogP contribution in [-0.2, 0) is 9.47 Å². The van der Waals surface area contributed by atoms with Gasteiger partial charge in [-0.1, -0.05) is 23.3 Å². The lowest BCUT2D eigenvalue weighted by atomic mass is 9.89. The molecule has 2 heteroatoms. The molecular weight excluding hydrogens is 188 g/mol. The lowest BCUT2D eigenvalue weighted by Gasteiger charge is -2.32. The van der Waals surface area contributed by atoms with E-state index in [-0.39, 0.29) is 5.79 Å². The van der Waals surface area contributed by atoms with Gasteiger partial charge in [0.2, 0.25) is 0 Å². The van der Waals surface area contributed by atoms with Crippen LogP contribution in [0.25, 0.3) is 0 Å². The third-order valence-corrected chi connectivity index (χ3v) is 3.35. The van der Waals surface area contributed by atoms with E-state index in [1.807, 2.05) is 0 Å². The van der Waals surface area contributed by atoms with Crippen molar-refractivity contribution in [1.82, 2.24) is 0 Å². The standard InChI is InChI=1S/C13H20O2/c1-3-11(2)10-12-4-6-13(7-5-12)14-8-9-15-13/h3,10H,4-9H2,1-2H3. The van der Waals surface area contributed by atoms with Gasteiger partial charge in [-0.3, -0.25) is 0 Å². The molecule has 0 bridgehead atoms. The summed E-state index contributed by atoms with van der Waals surface area (Å²) in [5, 5.41) is 0. The molecule has 0 unspecified atom stereocenters. The molecule has 0 amide bonds. The van der Waals surface area contributed by atoms with E-state index in [1.165, 1.54) is 11.1 Å². The summed E-state index contributed by atoms with van der Waals surface area (Å²) < 4.78 is 11.4. The van der Waals surface area contributed by atoms with Crippen LogP contribution in [0.3, 0.4) is 0 Å². The molecule has 84 valence electrons. The van der Waals surface area contributed by atoms with Gasteiger partial charge in [0, 0.05) is 12.8 Å². The minimum absolute atomic E-state index is 0.221. The van der Waals surface area contributed by atoms with Gasteiger partial charge in [0.25, 0.3) is 0 Å². The van der Waals surface area contributed by atoms with Gasteiger partial charge in [0.05, 0.1) is 13.2 Å². The lowest BCUT2D eigenvalue weighted by molar-refractivity contribution is -0.171. The Morgan fingerprint density at radius 2 is 1.80 bits per heavy atom. The maximum Gasteiger partial charge on any atom is 0.169 e. The van der Waals surface area contributed by atoms with Gasteiger partial charge in [-0.05, 0) is 26.7 Å². The molecule has 1 saturated carbocycles. The Morgan fingerprint density at radius 3 is 2.33 bits per heavy atom. The molecule has 1 aliphatic carbocycles. The van der Waals surface area contributed by atoms with Gasteiger partial charge in [-0.15, -0.1) is 0 Å². The van der Waals surface area contributed by atoms with Crippen LogP contribution in [0.2, 0.25) is 0 Å². The van der Waals surface area contributed by atoms with Crippen LogP contribution in [0.15, 0.2) is 23.3 Å². The van der Waals surface area contributed by atoms with Crippen molar-refractivity contribution in [3.63, 3.8) is 0 Å². The smallest absolute Gasteiger partial charge is 0.169 e. The van der Waals surface area contributed by atoms with Crippen molar-refractivity contribution in [3.8, 4) is 0 Å². The molecule has 2 fully saturated rings. The highest BCUT2D eigenvalue weighted by Crippen LogP contribution is 2.38. The third-order valence-electron chi connectivity index (χ3n) is 3.35. The van der Waals surface area contributed by atoms with Crippen LogP contribution in [0.1, 0.15) is 39.5 Å². The number of rotatable bonds is 1. The predicted octanol–water partition coefficient (Wildman–Crippen LogP) is 3.20. The predicted molar refractivity (Wildman–Crippen MR) is 60.6 cm³/mol. The maximum absolute atomic E-state index is 5.70. The zero-order chi connectivity index (χ0) is 10.7. The SMILES string of the molecule is CC=C(C)C=C1CCC2(CC1)OCCO2. The highest BCUT2D eigenvalue weighted by Gasteiger charge is 2.38. The first-order valence-electron chi connectivity index (χ1n) is 5.84. The monoisotopic (exact) mass is 208 g/mol. The minimum atomic E-state index is -0.221. The van der Waals surface area contributed by atoms with E-state index in [9.17, 15) is 0 Å². The van der Waals surface area contributed by atoms with Crippen LogP contribution < -0.4 is 0 Å². The van der Waals surface area contributed by atoms with Crippen molar-refractivity contribution in [2.45, 2.75) is 45.3 Å². The number of hydrogen-bond donors (Lipinski definition) is 0. The van der Waals surface area contributed by atoms with Crippen molar-refractivity contribution in [3.05, 3.63) is 23.3 Å². The Labute approximate surface area is 92.0 Å². The second-order valence-electron chi connectivity index (χ2n) is 4.44. The molecule has 1 heterocycles. The summed E-state index contributed by atoms with van der Waals surface area (Å²) in [6.07, 6.45) is 8.74. The van der Waals surface area contributed by atoms with Crippen LogP contribution >= 0.6 is 0 Å². The van der Waals surface area contributed by atoms with E-state index >= 15 is 0 Å². The molecule has 0 aromatic rings. The van der Waals surface area contributed by atoms with Crippen molar-refractivity contribution in [2.75, 3.05) is 13.2 Å². The Kier molecular flexibility index (Phi) is 3.27. The van der Waals surface area contributed by atoms with Crippen molar-refractivity contribution in [1.29, 1.82) is 0 Å². The van der Waals surface area contributed by atoms with Crippen LogP contribution in [0.4, 0.5) is 0 Å². The summed E-state index contributed by atoms with van der Waals surface area (Å²) >= 11 is 0. The summed E-state index contributed by atoms with van der Waals surface area (Å²) in [5.41, 5.74) is 2.89. The van der Waals surface area contributed by atoms with E-state index in [4.69, 9.17) is 9.47 Å². The number of allylic oxidation sites excluding steroid dienone is 4. The Morgan fingerprint density at radius 1 is 1.20 bits per heavy atom. The molecule has 0 N–H and O–H groups in total. The normalized spacial score (nSPS) is 26.0. The first-order valence-corrected chi connectivity index (χ1v) is 5.84. The molecule has 2 aliphatic rings. The quantitative estimate of drug-likeness (QED) is 0.659. The summed E-state index contributed by atoms with van der Waals surface area (Å²) in [6.45, 7) is 5.78. The summed E-state index contributed by atoms with van der Waals surface area (Å²) in [4.78, 5) is 0. The Balaban J connectivity index is 1.94. The fraction of sp³-hybridized carbons (Fsp3) is 0.692. The van der Waals surface area contributed by atoms with Crippen molar-refractivity contribution >= 4 is 0 Å². The zero-order valence-electron chi connectivity index (χ0n) is 9.71. The number of ether oxygens (including phenoxy) is 2.